The van der Waals surface area contributed by atoms with E-state index < -0.39 is 0 Å². The molecular formula is C21H20FN3O2. The summed E-state index contributed by atoms with van der Waals surface area (Å²) in [6.07, 6.45) is 2.39. The third-order valence-electron chi connectivity index (χ3n) is 3.97. The quantitative estimate of drug-likeness (QED) is 0.661. The maximum atomic E-state index is 12.9. The Balaban J connectivity index is 1.57. The van der Waals surface area contributed by atoms with Crippen LogP contribution in [0, 0.1) is 5.82 Å². The number of halogens is 1. The third kappa shape index (κ3) is 5.28. The van der Waals surface area contributed by atoms with E-state index >= 15 is 0 Å². The van der Waals surface area contributed by atoms with Gasteiger partial charge in [0.2, 0.25) is 0 Å². The van der Waals surface area contributed by atoms with Crippen molar-refractivity contribution < 1.29 is 13.9 Å². The maximum Gasteiger partial charge on any atom is 0.274 e. The summed E-state index contributed by atoms with van der Waals surface area (Å²) in [5.41, 5.74) is 2.76. The van der Waals surface area contributed by atoms with Crippen molar-refractivity contribution in [2.24, 2.45) is 0 Å². The molecule has 5 nitrogen and oxygen atoms in total. The molecule has 0 fully saturated rings. The number of nitrogens with one attached hydrogen (secondary N) is 2. The number of aromatic nitrogens is 1. The summed E-state index contributed by atoms with van der Waals surface area (Å²) in [6.45, 7) is 0.705. The van der Waals surface area contributed by atoms with Gasteiger partial charge < -0.3 is 15.4 Å². The van der Waals surface area contributed by atoms with E-state index in [9.17, 15) is 9.18 Å². The van der Waals surface area contributed by atoms with Gasteiger partial charge in [-0.05, 0) is 60.5 Å². The zero-order valence-corrected chi connectivity index (χ0v) is 14.9. The first kappa shape index (κ1) is 18.4. The van der Waals surface area contributed by atoms with Gasteiger partial charge in [-0.1, -0.05) is 12.1 Å². The van der Waals surface area contributed by atoms with E-state index in [0.29, 0.717) is 12.2 Å². The highest BCUT2D eigenvalue weighted by Gasteiger charge is 2.08. The smallest absolute Gasteiger partial charge is 0.274 e. The second kappa shape index (κ2) is 8.80. The topological polar surface area (TPSA) is 63.2 Å². The van der Waals surface area contributed by atoms with Gasteiger partial charge in [0.1, 0.15) is 17.3 Å². The lowest BCUT2D eigenvalue weighted by Crippen LogP contribution is -2.14. The lowest BCUT2D eigenvalue weighted by Gasteiger charge is -2.09. The molecular weight excluding hydrogens is 345 g/mol. The number of hydrogen-bond acceptors (Lipinski definition) is 4. The van der Waals surface area contributed by atoms with Crippen molar-refractivity contribution in [3.63, 3.8) is 0 Å². The largest absolute Gasteiger partial charge is 0.497 e. The molecule has 6 heteroatoms. The van der Waals surface area contributed by atoms with Gasteiger partial charge in [0, 0.05) is 24.1 Å². The van der Waals surface area contributed by atoms with Gasteiger partial charge in [0.25, 0.3) is 5.91 Å². The van der Waals surface area contributed by atoms with Crippen molar-refractivity contribution in [3.05, 3.63) is 83.9 Å². The highest BCUT2D eigenvalue weighted by molar-refractivity contribution is 6.03. The number of carbonyl (C=O) groups excluding carboxylic acids is 1. The van der Waals surface area contributed by atoms with Gasteiger partial charge in [-0.25, -0.2) is 4.39 Å². The molecule has 27 heavy (non-hydrogen) atoms. The van der Waals surface area contributed by atoms with Crippen molar-refractivity contribution >= 4 is 17.3 Å². The molecule has 0 aliphatic rings. The van der Waals surface area contributed by atoms with Gasteiger partial charge in [-0.2, -0.15) is 0 Å². The first-order chi connectivity index (χ1) is 13.1. The van der Waals surface area contributed by atoms with Crippen LogP contribution in [0.25, 0.3) is 0 Å². The standard InChI is InChI=1S/C21H20FN3O2/c1-27-19-4-2-3-15(13-19)9-11-23-18-10-12-24-20(14-18)21(26)25-17-7-5-16(22)6-8-17/h2-8,10,12-14H,9,11H2,1H3,(H,23,24)(H,25,26). The van der Waals surface area contributed by atoms with Crippen LogP contribution < -0.4 is 15.4 Å². The third-order valence-corrected chi connectivity index (χ3v) is 3.97. The van der Waals surface area contributed by atoms with Crippen LogP contribution in [-0.4, -0.2) is 24.5 Å². The van der Waals surface area contributed by atoms with Gasteiger partial charge >= 0.3 is 0 Å². The molecule has 0 unspecified atom stereocenters. The van der Waals surface area contributed by atoms with Crippen LogP contribution in [0.5, 0.6) is 5.75 Å². The minimum atomic E-state index is -0.353. The van der Waals surface area contributed by atoms with E-state index in [0.717, 1.165) is 23.4 Å². The minimum Gasteiger partial charge on any atom is -0.497 e. The molecule has 1 amide bonds. The molecule has 3 aromatic rings. The Morgan fingerprint density at radius 2 is 1.89 bits per heavy atom. The van der Waals surface area contributed by atoms with Gasteiger partial charge in [-0.3, -0.25) is 9.78 Å². The van der Waals surface area contributed by atoms with E-state index in [1.165, 1.54) is 24.3 Å². The lowest BCUT2D eigenvalue weighted by atomic mass is 10.1. The van der Waals surface area contributed by atoms with Crippen LogP contribution in [0.3, 0.4) is 0 Å². The number of amides is 1. The molecule has 1 aromatic heterocycles. The normalized spacial score (nSPS) is 10.3. The Hall–Kier alpha value is -3.41. The molecule has 0 atom stereocenters. The fraction of sp³-hybridized carbons (Fsp3) is 0.143. The Bertz CT molecular complexity index is 913. The molecule has 0 radical (unpaired) electrons. The van der Waals surface area contributed by atoms with Crippen LogP contribution in [-0.2, 0) is 6.42 Å². The molecule has 0 aliphatic carbocycles. The zero-order valence-electron chi connectivity index (χ0n) is 14.9. The number of anilines is 2. The first-order valence-electron chi connectivity index (χ1n) is 8.54. The summed E-state index contributed by atoms with van der Waals surface area (Å²) in [6, 6.07) is 17.0. The Labute approximate surface area is 157 Å². The number of carbonyl (C=O) groups is 1. The second-order valence-corrected chi connectivity index (χ2v) is 5.92. The van der Waals surface area contributed by atoms with E-state index in [2.05, 4.69) is 15.6 Å². The van der Waals surface area contributed by atoms with Gasteiger partial charge in [0.05, 0.1) is 7.11 Å². The van der Waals surface area contributed by atoms with Crippen LogP contribution in [0.1, 0.15) is 16.1 Å². The first-order valence-corrected chi connectivity index (χ1v) is 8.54. The average Bonchev–Trinajstić information content (AvgIpc) is 2.70. The summed E-state index contributed by atoms with van der Waals surface area (Å²) in [4.78, 5) is 16.4. The number of pyridine rings is 1. The average molecular weight is 365 g/mol. The van der Waals surface area contributed by atoms with Gasteiger partial charge in [-0.15, -0.1) is 0 Å². The summed E-state index contributed by atoms with van der Waals surface area (Å²) in [5, 5.41) is 5.98. The zero-order chi connectivity index (χ0) is 19.1. The van der Waals surface area contributed by atoms with E-state index in [1.54, 1.807) is 25.4 Å². The van der Waals surface area contributed by atoms with Crippen LogP contribution in [0.2, 0.25) is 0 Å². The molecule has 138 valence electrons. The maximum absolute atomic E-state index is 12.9. The molecule has 2 N–H and O–H groups in total. The molecule has 3 rings (SSSR count). The van der Waals surface area contributed by atoms with E-state index in [4.69, 9.17) is 4.74 Å². The summed E-state index contributed by atoms with van der Waals surface area (Å²) in [7, 11) is 1.65. The predicted octanol–water partition coefficient (Wildman–Crippen LogP) is 4.14. The number of hydrogen-bond donors (Lipinski definition) is 2. The van der Waals surface area contributed by atoms with Crippen molar-refractivity contribution in [2.45, 2.75) is 6.42 Å². The second-order valence-electron chi connectivity index (χ2n) is 5.92. The Morgan fingerprint density at radius 3 is 2.67 bits per heavy atom. The molecule has 1 heterocycles. The number of methoxy groups -OCH3 is 1. The van der Waals surface area contributed by atoms with Crippen molar-refractivity contribution in [3.8, 4) is 5.75 Å². The van der Waals surface area contributed by atoms with Crippen LogP contribution in [0.15, 0.2) is 66.9 Å². The van der Waals surface area contributed by atoms with E-state index in [1.807, 2.05) is 24.3 Å². The van der Waals surface area contributed by atoms with Gasteiger partial charge in [0.15, 0.2) is 0 Å². The van der Waals surface area contributed by atoms with Crippen molar-refractivity contribution in [2.75, 3.05) is 24.3 Å². The predicted molar refractivity (Wildman–Crippen MR) is 104 cm³/mol. The van der Waals surface area contributed by atoms with Crippen molar-refractivity contribution in [1.29, 1.82) is 0 Å². The number of ether oxygens (including phenoxy) is 1. The summed E-state index contributed by atoms with van der Waals surface area (Å²) >= 11 is 0. The highest BCUT2D eigenvalue weighted by atomic mass is 19.1. The number of nitrogens with zero attached hydrogens (tertiary/aromatic N) is 1. The Morgan fingerprint density at radius 1 is 1.07 bits per heavy atom. The van der Waals surface area contributed by atoms with Crippen molar-refractivity contribution in [1.82, 2.24) is 4.98 Å². The molecule has 0 aliphatic heterocycles. The Kier molecular flexibility index (Phi) is 5.99. The summed E-state index contributed by atoms with van der Waals surface area (Å²) < 4.78 is 18.2. The van der Waals surface area contributed by atoms with E-state index in [-0.39, 0.29) is 17.4 Å². The lowest BCUT2D eigenvalue weighted by molar-refractivity contribution is 0.102. The molecule has 0 saturated carbocycles. The van der Waals surface area contributed by atoms with Crippen LogP contribution in [0.4, 0.5) is 15.8 Å². The monoisotopic (exact) mass is 365 g/mol. The minimum absolute atomic E-state index is 0.283. The number of benzene rings is 2. The molecule has 0 bridgehead atoms. The highest BCUT2D eigenvalue weighted by Crippen LogP contribution is 2.15. The summed E-state index contributed by atoms with van der Waals surface area (Å²) in [5.74, 6) is 0.127. The number of rotatable bonds is 7. The van der Waals surface area contributed by atoms with Crippen LogP contribution >= 0.6 is 0 Å². The fourth-order valence-corrected chi connectivity index (χ4v) is 2.57. The molecule has 0 saturated heterocycles. The fourth-order valence-electron chi connectivity index (χ4n) is 2.57. The molecule has 0 spiro atoms. The SMILES string of the molecule is COc1cccc(CCNc2ccnc(C(=O)Nc3ccc(F)cc3)c2)c1. The molecule has 2 aromatic carbocycles.